The van der Waals surface area contributed by atoms with Crippen molar-refractivity contribution in [1.29, 1.82) is 0 Å². The Bertz CT molecular complexity index is 307. The molecule has 0 aromatic carbocycles. The van der Waals surface area contributed by atoms with E-state index in [2.05, 4.69) is 4.98 Å². The lowest BCUT2D eigenvalue weighted by molar-refractivity contribution is -0.699. The largest absolute Gasteiger partial charge is 0.467 e. The molecular formula is C6H11N2O2S+. The molecule has 5 heteroatoms. The number of aromatic hydroxyl groups is 1. The lowest BCUT2D eigenvalue weighted by Gasteiger charge is -2.11. The van der Waals surface area contributed by atoms with Crippen molar-refractivity contribution in [2.45, 2.75) is 26.3 Å². The first-order chi connectivity index (χ1) is 4.91. The van der Waals surface area contributed by atoms with Crippen LogP contribution in [0.4, 0.5) is 0 Å². The highest BCUT2D eigenvalue weighted by Crippen LogP contribution is 2.08. The topological polar surface area (TPSA) is 57.0 Å². The second-order valence-corrected chi connectivity index (χ2v) is 4.21. The fourth-order valence-corrected chi connectivity index (χ4v) is 1.45. The number of hydrogen-bond acceptors (Lipinski definition) is 3. The van der Waals surface area contributed by atoms with Crippen molar-refractivity contribution in [3.05, 3.63) is 9.67 Å². The Kier molecular flexibility index (Phi) is 1.75. The third kappa shape index (κ3) is 1.59. The van der Waals surface area contributed by atoms with Crippen LogP contribution in [0.15, 0.2) is 4.79 Å². The van der Waals surface area contributed by atoms with Gasteiger partial charge in [-0.1, -0.05) is 0 Å². The fourth-order valence-electron chi connectivity index (χ4n) is 0.746. The summed E-state index contributed by atoms with van der Waals surface area (Å²) in [6.07, 6.45) is 0. The standard InChI is InChI=1S/C6H10N2O2S/c1-6(2,3)8-4(9)7-5(10)11-8/h1-3H3,(H,7,9,10)/p+1. The van der Waals surface area contributed by atoms with Gasteiger partial charge >= 0.3 is 10.9 Å². The Balaban J connectivity index is 3.24. The molecule has 11 heavy (non-hydrogen) atoms. The molecule has 0 spiro atoms. The van der Waals surface area contributed by atoms with Crippen LogP contribution in [-0.4, -0.2) is 10.1 Å². The lowest BCUT2D eigenvalue weighted by Crippen LogP contribution is -2.46. The van der Waals surface area contributed by atoms with E-state index in [9.17, 15) is 9.90 Å². The molecule has 0 aliphatic carbocycles. The fraction of sp³-hybridized carbons (Fsp3) is 0.667. The van der Waals surface area contributed by atoms with Gasteiger partial charge in [-0.25, -0.2) is 4.79 Å². The van der Waals surface area contributed by atoms with Gasteiger partial charge in [-0.3, -0.25) is 0 Å². The molecule has 1 heterocycles. The molecule has 0 aliphatic rings. The Hall–Kier alpha value is -0.840. The second-order valence-electron chi connectivity index (χ2n) is 3.29. The number of aromatic nitrogens is 2. The van der Waals surface area contributed by atoms with Gasteiger partial charge in [0.25, 0.3) is 0 Å². The van der Waals surface area contributed by atoms with Crippen LogP contribution in [0.25, 0.3) is 0 Å². The van der Waals surface area contributed by atoms with E-state index in [1.165, 1.54) is 3.96 Å². The van der Waals surface area contributed by atoms with Gasteiger partial charge in [-0.05, 0) is 20.8 Å². The molecule has 0 saturated carbocycles. The highest BCUT2D eigenvalue weighted by molar-refractivity contribution is 6.98. The van der Waals surface area contributed by atoms with Crippen molar-refractivity contribution in [3.63, 3.8) is 0 Å². The average molecular weight is 175 g/mol. The van der Waals surface area contributed by atoms with Crippen molar-refractivity contribution in [1.82, 2.24) is 4.98 Å². The Morgan fingerprint density at radius 1 is 1.55 bits per heavy atom. The lowest BCUT2D eigenvalue weighted by atomic mass is 10.1. The molecule has 1 aromatic rings. The third-order valence-electron chi connectivity index (χ3n) is 1.19. The summed E-state index contributed by atoms with van der Waals surface area (Å²) in [6, 6.07) is -0.0764. The van der Waals surface area contributed by atoms with Gasteiger partial charge in [-0.2, -0.15) is 4.98 Å². The van der Waals surface area contributed by atoms with Crippen LogP contribution < -0.4 is 8.83 Å². The summed E-state index contributed by atoms with van der Waals surface area (Å²) in [7, 11) is 0. The first kappa shape index (κ1) is 8.26. The van der Waals surface area contributed by atoms with Crippen LogP contribution in [-0.2, 0) is 5.54 Å². The van der Waals surface area contributed by atoms with Gasteiger partial charge in [-0.15, -0.1) is 3.96 Å². The van der Waals surface area contributed by atoms with E-state index in [4.69, 9.17) is 0 Å². The Labute approximate surface area is 68.3 Å². The molecule has 2 N–H and O–H groups in total. The minimum atomic E-state index is -0.242. The summed E-state index contributed by atoms with van der Waals surface area (Å²) in [5.74, 6) is 0. The smallest absolute Gasteiger partial charge is 0.446 e. The molecule has 0 amide bonds. The molecule has 1 rings (SSSR count). The van der Waals surface area contributed by atoms with Crippen molar-refractivity contribution in [2.75, 3.05) is 0 Å². The van der Waals surface area contributed by atoms with Gasteiger partial charge < -0.3 is 5.11 Å². The SMILES string of the molecule is CC(C)(C)[n+]1sc(=O)[nH]c1O. The molecule has 0 unspecified atom stereocenters. The van der Waals surface area contributed by atoms with E-state index in [-0.39, 0.29) is 16.4 Å². The van der Waals surface area contributed by atoms with E-state index < -0.39 is 0 Å². The maximum atomic E-state index is 10.7. The summed E-state index contributed by atoms with van der Waals surface area (Å²) in [4.78, 5) is 12.8. The van der Waals surface area contributed by atoms with E-state index in [1.54, 1.807) is 0 Å². The van der Waals surface area contributed by atoms with Gasteiger partial charge in [0.05, 0.1) is 0 Å². The highest BCUT2D eigenvalue weighted by atomic mass is 32.1. The van der Waals surface area contributed by atoms with Crippen LogP contribution in [0.3, 0.4) is 0 Å². The minimum Gasteiger partial charge on any atom is -0.446 e. The number of H-pyrrole nitrogens is 1. The molecule has 1 aromatic heterocycles. The zero-order valence-electron chi connectivity index (χ0n) is 6.71. The second kappa shape index (κ2) is 2.34. The quantitative estimate of drug-likeness (QED) is 0.553. The molecule has 0 radical (unpaired) electrons. The average Bonchev–Trinajstić information content (AvgIpc) is 2.08. The molecule has 0 atom stereocenters. The van der Waals surface area contributed by atoms with E-state index in [0.29, 0.717) is 0 Å². The van der Waals surface area contributed by atoms with E-state index in [1.807, 2.05) is 20.8 Å². The molecule has 0 saturated heterocycles. The first-order valence-corrected chi connectivity index (χ1v) is 4.04. The summed E-state index contributed by atoms with van der Waals surface area (Å²) in [6.45, 7) is 5.74. The van der Waals surface area contributed by atoms with Gasteiger partial charge in [0, 0.05) is 0 Å². The van der Waals surface area contributed by atoms with Gasteiger partial charge in [0.1, 0.15) is 17.1 Å². The minimum absolute atomic E-state index is 0.0764. The molecular weight excluding hydrogens is 164 g/mol. The first-order valence-electron chi connectivity index (χ1n) is 3.26. The zero-order chi connectivity index (χ0) is 8.65. The van der Waals surface area contributed by atoms with Crippen LogP contribution in [0, 0.1) is 0 Å². The summed E-state index contributed by atoms with van der Waals surface area (Å²) in [5.41, 5.74) is -0.242. The van der Waals surface area contributed by atoms with Crippen LogP contribution in [0.2, 0.25) is 0 Å². The number of nitrogens with zero attached hydrogens (tertiary/aromatic N) is 1. The van der Waals surface area contributed by atoms with Crippen molar-refractivity contribution in [2.24, 2.45) is 0 Å². The third-order valence-corrected chi connectivity index (χ3v) is 2.36. The number of aromatic amines is 1. The van der Waals surface area contributed by atoms with Crippen LogP contribution in [0.1, 0.15) is 20.8 Å². The Morgan fingerprint density at radius 2 is 2.09 bits per heavy atom. The molecule has 0 aliphatic heterocycles. The monoisotopic (exact) mass is 175 g/mol. The Morgan fingerprint density at radius 3 is 2.27 bits per heavy atom. The normalized spacial score (nSPS) is 11.9. The van der Waals surface area contributed by atoms with Crippen LogP contribution in [0.5, 0.6) is 6.01 Å². The predicted molar refractivity (Wildman–Crippen MR) is 41.8 cm³/mol. The number of hydrogen-bond donors (Lipinski definition) is 2. The van der Waals surface area contributed by atoms with E-state index in [0.717, 1.165) is 11.5 Å². The summed E-state index contributed by atoms with van der Waals surface area (Å²) >= 11 is 0.977. The van der Waals surface area contributed by atoms with Crippen molar-refractivity contribution < 1.29 is 9.06 Å². The molecule has 4 nitrogen and oxygen atoms in total. The van der Waals surface area contributed by atoms with Crippen LogP contribution >= 0.6 is 11.5 Å². The highest BCUT2D eigenvalue weighted by Gasteiger charge is 2.26. The molecule has 62 valence electrons. The number of nitrogens with one attached hydrogen (secondary N) is 1. The molecule has 0 fully saturated rings. The van der Waals surface area contributed by atoms with Gasteiger partial charge in [0.15, 0.2) is 0 Å². The predicted octanol–water partition coefficient (Wildman–Crippen LogP) is 0.184. The van der Waals surface area contributed by atoms with E-state index >= 15 is 0 Å². The summed E-state index contributed by atoms with van der Waals surface area (Å²) in [5, 5.41) is 9.18. The maximum Gasteiger partial charge on any atom is 0.467 e. The zero-order valence-corrected chi connectivity index (χ0v) is 7.53. The van der Waals surface area contributed by atoms with Crippen molar-refractivity contribution in [3.8, 4) is 6.01 Å². The van der Waals surface area contributed by atoms with Gasteiger partial charge in [0.2, 0.25) is 0 Å². The van der Waals surface area contributed by atoms with Crippen molar-refractivity contribution >= 4 is 11.5 Å². The maximum absolute atomic E-state index is 10.7. The number of rotatable bonds is 0. The summed E-state index contributed by atoms with van der Waals surface area (Å²) < 4.78 is 1.54. The molecule has 0 bridgehead atoms.